The van der Waals surface area contributed by atoms with E-state index in [-0.39, 0.29) is 78.1 Å². The van der Waals surface area contributed by atoms with Crippen molar-refractivity contribution in [2.45, 2.75) is 13.2 Å². The molecule has 0 radical (unpaired) electrons. The van der Waals surface area contributed by atoms with Gasteiger partial charge >= 0.3 is 59.1 Å². The second-order valence-electron chi connectivity index (χ2n) is 5.12. The number of ether oxygens (including phenoxy) is 1. The smallest absolute Gasteiger partial charge is 0.780 e. The van der Waals surface area contributed by atoms with Crippen molar-refractivity contribution < 1.29 is 92.9 Å². The molecule has 0 bridgehead atoms. The fourth-order valence-electron chi connectivity index (χ4n) is 2.29. The van der Waals surface area contributed by atoms with Crippen molar-refractivity contribution in [2.75, 3.05) is 7.11 Å². The number of hydrogen-bond acceptors (Lipinski definition) is 7. The number of methoxy groups -OCH3 is 1. The molecule has 0 aromatic heterocycles. The van der Waals surface area contributed by atoms with E-state index >= 15 is 0 Å². The number of hydrogen-bond donors (Lipinski definition) is 2. The minimum atomic E-state index is -5.07. The number of aliphatic hydroxyl groups is 2. The monoisotopic (exact) mass is 410 g/mol. The van der Waals surface area contributed by atoms with E-state index in [1.807, 2.05) is 0 Å². The Morgan fingerprint density at radius 2 is 1.59 bits per heavy atom. The largest absolute Gasteiger partial charge is 1.00 e. The summed E-state index contributed by atoms with van der Waals surface area (Å²) in [7, 11) is -3.59. The Morgan fingerprint density at radius 3 is 2.07 bits per heavy atom. The molecular weight excluding hydrogens is 393 g/mol. The summed E-state index contributed by atoms with van der Waals surface area (Å²) in [6.07, 6.45) is 3.52. The minimum absolute atomic E-state index is 0. The molecule has 0 aliphatic rings. The third-order valence-electron chi connectivity index (χ3n) is 3.44. The van der Waals surface area contributed by atoms with E-state index < -0.39 is 7.82 Å². The normalized spacial score (nSPS) is 10.9. The topological polar surface area (TPSA) is 122 Å². The van der Waals surface area contributed by atoms with Gasteiger partial charge in [0.2, 0.25) is 0 Å². The van der Waals surface area contributed by atoms with Gasteiger partial charge in [-0.3, -0.25) is 0 Å². The quantitative estimate of drug-likeness (QED) is 0.267. The van der Waals surface area contributed by atoms with Gasteiger partial charge in [-0.1, -0.05) is 24.3 Å². The molecule has 0 unspecified atom stereocenters. The molecule has 0 heterocycles. The molecule has 0 amide bonds. The fraction of sp³-hybridized carbons (Fsp3) is 0.176. The Bertz CT molecular complexity index is 778. The van der Waals surface area contributed by atoms with E-state index in [2.05, 4.69) is 4.52 Å². The summed E-state index contributed by atoms with van der Waals surface area (Å²) in [6, 6.07) is 9.38. The first-order chi connectivity index (χ1) is 11.9. The molecule has 2 aromatic rings. The molecule has 7 nitrogen and oxygen atoms in total. The summed E-state index contributed by atoms with van der Waals surface area (Å²) >= 11 is 0. The van der Waals surface area contributed by atoms with E-state index in [0.29, 0.717) is 16.9 Å². The summed E-state index contributed by atoms with van der Waals surface area (Å²) in [5.74, 6) is 0.418. The van der Waals surface area contributed by atoms with Gasteiger partial charge in [-0.25, -0.2) is 0 Å². The van der Waals surface area contributed by atoms with Crippen LogP contribution in [0.15, 0.2) is 36.4 Å². The SMILES string of the molecule is COc1cc(/C=C\c2ccc(OP(=O)([O-])[O-])cc2)cc(CO)c1CO.[Na+].[Na+]. The second-order valence-corrected chi connectivity index (χ2v) is 6.19. The van der Waals surface area contributed by atoms with Gasteiger partial charge in [-0.2, -0.15) is 0 Å². The average molecular weight is 410 g/mol. The molecule has 2 rings (SSSR count). The van der Waals surface area contributed by atoms with E-state index in [9.17, 15) is 24.6 Å². The predicted octanol–water partition coefficient (Wildman–Crippen LogP) is -4.93. The summed E-state index contributed by atoms with van der Waals surface area (Å²) < 4.78 is 20.0. The van der Waals surface area contributed by atoms with Gasteiger partial charge in [0.1, 0.15) is 19.3 Å². The summed E-state index contributed by atoms with van der Waals surface area (Å²) in [4.78, 5) is 21.1. The van der Waals surface area contributed by atoms with Crippen LogP contribution in [0, 0.1) is 0 Å². The Balaban J connectivity index is 0.00000338. The van der Waals surface area contributed by atoms with Gasteiger partial charge < -0.3 is 33.8 Å². The maximum Gasteiger partial charge on any atom is 1.00 e. The number of phosphoric ester groups is 1. The zero-order valence-electron chi connectivity index (χ0n) is 15.4. The van der Waals surface area contributed by atoms with Gasteiger partial charge in [0, 0.05) is 5.56 Å². The number of rotatable bonds is 7. The molecule has 0 fully saturated rings. The van der Waals surface area contributed by atoms with E-state index in [1.165, 1.54) is 19.2 Å². The molecule has 0 saturated carbocycles. The minimum Gasteiger partial charge on any atom is -0.780 e. The maximum atomic E-state index is 10.6. The molecule has 134 valence electrons. The van der Waals surface area contributed by atoms with E-state index in [1.54, 1.807) is 36.4 Å². The molecule has 27 heavy (non-hydrogen) atoms. The molecule has 2 aromatic carbocycles. The number of aliphatic hydroxyl groups excluding tert-OH is 2. The molecule has 0 spiro atoms. The van der Waals surface area contributed by atoms with Crippen molar-refractivity contribution in [3.05, 3.63) is 58.7 Å². The van der Waals surface area contributed by atoms with Crippen LogP contribution in [-0.2, 0) is 17.8 Å². The van der Waals surface area contributed by atoms with Crippen LogP contribution in [-0.4, -0.2) is 17.3 Å². The Kier molecular flexibility index (Phi) is 12.4. The summed E-state index contributed by atoms with van der Waals surface area (Å²) in [6.45, 7) is -0.474. The molecule has 0 atom stereocenters. The fourth-order valence-corrected chi connectivity index (χ4v) is 2.67. The van der Waals surface area contributed by atoms with Crippen molar-refractivity contribution in [1.29, 1.82) is 0 Å². The van der Waals surface area contributed by atoms with Gasteiger partial charge in [-0.15, -0.1) is 0 Å². The third-order valence-corrected chi connectivity index (χ3v) is 3.87. The predicted molar refractivity (Wildman–Crippen MR) is 88.4 cm³/mol. The summed E-state index contributed by atoms with van der Waals surface area (Å²) in [5.41, 5.74) is 2.59. The molecule has 10 heteroatoms. The van der Waals surface area contributed by atoms with Crippen LogP contribution in [0.3, 0.4) is 0 Å². The van der Waals surface area contributed by atoms with Gasteiger partial charge in [0.15, 0.2) is 0 Å². The first kappa shape index (κ1) is 26.9. The molecule has 0 aliphatic carbocycles. The van der Waals surface area contributed by atoms with Crippen molar-refractivity contribution in [1.82, 2.24) is 0 Å². The third kappa shape index (κ3) is 8.40. The van der Waals surface area contributed by atoms with Gasteiger partial charge in [-0.05, 0) is 41.0 Å². The Morgan fingerprint density at radius 1 is 1.00 bits per heavy atom. The maximum absolute atomic E-state index is 10.6. The van der Waals surface area contributed by atoms with Crippen LogP contribution in [0.5, 0.6) is 11.5 Å². The van der Waals surface area contributed by atoms with E-state index in [4.69, 9.17) is 4.74 Å². The summed E-state index contributed by atoms with van der Waals surface area (Å²) in [5, 5.41) is 18.8. The van der Waals surface area contributed by atoms with Gasteiger partial charge in [0.25, 0.3) is 0 Å². The van der Waals surface area contributed by atoms with Crippen molar-refractivity contribution in [2.24, 2.45) is 0 Å². The average Bonchev–Trinajstić information content (AvgIpc) is 2.58. The van der Waals surface area contributed by atoms with Crippen LogP contribution >= 0.6 is 7.82 Å². The van der Waals surface area contributed by atoms with Gasteiger partial charge in [0.05, 0.1) is 20.3 Å². The zero-order valence-corrected chi connectivity index (χ0v) is 20.3. The van der Waals surface area contributed by atoms with Crippen molar-refractivity contribution in [3.63, 3.8) is 0 Å². The first-order valence-electron chi connectivity index (χ1n) is 7.27. The second kappa shape index (κ2) is 12.4. The molecular formula is C17H17Na2O7P. The number of benzene rings is 2. The van der Waals surface area contributed by atoms with Crippen LogP contribution in [0.2, 0.25) is 0 Å². The van der Waals surface area contributed by atoms with Crippen LogP contribution < -0.4 is 78.2 Å². The van der Waals surface area contributed by atoms with Crippen molar-refractivity contribution in [3.8, 4) is 11.5 Å². The van der Waals surface area contributed by atoms with Crippen LogP contribution in [0.4, 0.5) is 0 Å². The zero-order chi connectivity index (χ0) is 18.4. The van der Waals surface area contributed by atoms with Crippen LogP contribution in [0.25, 0.3) is 12.2 Å². The molecule has 0 saturated heterocycles. The standard InChI is InChI=1S/C17H19O7P.2Na/c1-23-17-9-13(8-14(10-18)16(17)11-19)3-2-12-4-6-15(7-5-12)24-25(20,21)22;;/h2-9,18-19H,10-11H2,1H3,(H2,20,21,22);;/q;2*+1/p-2/b3-2-;;. The Hall–Kier alpha value is -0.150. The molecule has 0 aliphatic heterocycles. The number of phosphoric acid groups is 1. The Labute approximate surface area is 201 Å². The van der Waals surface area contributed by atoms with Crippen molar-refractivity contribution >= 4 is 20.0 Å². The first-order valence-corrected chi connectivity index (χ1v) is 8.73. The van der Waals surface area contributed by atoms with E-state index in [0.717, 1.165) is 11.1 Å². The van der Waals surface area contributed by atoms with Crippen LogP contribution in [0.1, 0.15) is 22.3 Å². The molecule has 2 N–H and O–H groups in total.